The van der Waals surface area contributed by atoms with E-state index in [0.29, 0.717) is 5.57 Å². The number of ether oxygens (including phenoxy) is 1. The first kappa shape index (κ1) is 23.0. The molecule has 0 fully saturated rings. The zero-order valence-electron chi connectivity index (χ0n) is 15.1. The SMILES string of the molecule is C=C(C)C(=O)NC(C)(C)OCCC(C)(C)S(=O)(=O)NS(=O)(=O)CC. The van der Waals surface area contributed by atoms with Crippen molar-refractivity contribution in [3.05, 3.63) is 12.2 Å². The zero-order chi connectivity index (χ0) is 19.4. The molecule has 1 amide bonds. The largest absolute Gasteiger partial charge is 0.356 e. The van der Waals surface area contributed by atoms with Gasteiger partial charge in [0.15, 0.2) is 0 Å². The van der Waals surface area contributed by atoms with Crippen LogP contribution in [-0.4, -0.2) is 45.6 Å². The van der Waals surface area contributed by atoms with Gasteiger partial charge in [-0.05, 0) is 48.0 Å². The fourth-order valence-corrected chi connectivity index (χ4v) is 4.50. The molecule has 8 nitrogen and oxygen atoms in total. The summed E-state index contributed by atoms with van der Waals surface area (Å²) in [6, 6.07) is 0. The molecule has 0 aliphatic carbocycles. The van der Waals surface area contributed by atoms with Crippen LogP contribution in [0.15, 0.2) is 12.2 Å². The smallest absolute Gasteiger partial charge is 0.248 e. The summed E-state index contributed by atoms with van der Waals surface area (Å²) in [7, 11) is -7.99. The van der Waals surface area contributed by atoms with Crippen LogP contribution >= 0.6 is 0 Å². The number of rotatable bonds is 10. The first-order valence-electron chi connectivity index (χ1n) is 7.43. The van der Waals surface area contributed by atoms with E-state index in [1.54, 1.807) is 24.9 Å². The normalized spacial score (nSPS) is 13.6. The number of nitrogens with one attached hydrogen (secondary N) is 2. The molecule has 0 spiro atoms. The quantitative estimate of drug-likeness (QED) is 0.426. The van der Waals surface area contributed by atoms with E-state index in [0.717, 1.165) is 0 Å². The first-order chi connectivity index (χ1) is 10.6. The topological polar surface area (TPSA) is 119 Å². The maximum Gasteiger partial charge on any atom is 0.248 e. The molecule has 0 aromatic heterocycles. The monoisotopic (exact) mass is 384 g/mol. The van der Waals surface area contributed by atoms with Gasteiger partial charge in [-0.2, -0.15) is 0 Å². The molecule has 0 aliphatic rings. The number of sulfonamides is 2. The Labute approximate surface area is 145 Å². The van der Waals surface area contributed by atoms with Gasteiger partial charge in [0.05, 0.1) is 17.1 Å². The van der Waals surface area contributed by atoms with Crippen LogP contribution in [0.2, 0.25) is 0 Å². The number of hydrogen-bond donors (Lipinski definition) is 2. The van der Waals surface area contributed by atoms with Gasteiger partial charge >= 0.3 is 0 Å². The maximum absolute atomic E-state index is 12.2. The molecule has 0 heterocycles. The average Bonchev–Trinajstić information content (AvgIpc) is 2.35. The van der Waals surface area contributed by atoms with Crippen molar-refractivity contribution in [2.45, 2.75) is 58.4 Å². The molecular formula is C14H28N2O6S2. The Morgan fingerprint density at radius 3 is 2.04 bits per heavy atom. The number of amides is 1. The van der Waals surface area contributed by atoms with Crippen LogP contribution in [0.25, 0.3) is 0 Å². The molecule has 0 bridgehead atoms. The van der Waals surface area contributed by atoms with E-state index in [1.165, 1.54) is 20.8 Å². The fraction of sp³-hybridized carbons (Fsp3) is 0.786. The van der Waals surface area contributed by atoms with E-state index >= 15 is 0 Å². The van der Waals surface area contributed by atoms with Crippen LogP contribution in [0, 0.1) is 0 Å². The molecular weight excluding hydrogens is 356 g/mol. The van der Waals surface area contributed by atoms with Crippen LogP contribution in [0.4, 0.5) is 0 Å². The lowest BCUT2D eigenvalue weighted by molar-refractivity contribution is -0.127. The number of carbonyl (C=O) groups excluding carboxylic acids is 1. The molecule has 0 aromatic rings. The van der Waals surface area contributed by atoms with Gasteiger partial charge in [0, 0.05) is 5.57 Å². The highest BCUT2D eigenvalue weighted by molar-refractivity contribution is 8.05. The summed E-state index contributed by atoms with van der Waals surface area (Å²) in [5.74, 6) is -0.707. The van der Waals surface area contributed by atoms with Gasteiger partial charge in [-0.25, -0.2) is 16.8 Å². The van der Waals surface area contributed by atoms with Gasteiger partial charge in [-0.1, -0.05) is 6.58 Å². The van der Waals surface area contributed by atoms with Gasteiger partial charge in [0.25, 0.3) is 0 Å². The Bertz CT molecular complexity index is 678. The minimum Gasteiger partial charge on any atom is -0.356 e. The molecule has 0 aliphatic heterocycles. The third-order valence-corrected chi connectivity index (χ3v) is 7.63. The van der Waals surface area contributed by atoms with Gasteiger partial charge in [0.1, 0.15) is 5.72 Å². The summed E-state index contributed by atoms with van der Waals surface area (Å²) in [6.45, 7) is 12.5. The van der Waals surface area contributed by atoms with Crippen LogP contribution < -0.4 is 9.44 Å². The maximum atomic E-state index is 12.2. The van der Waals surface area contributed by atoms with E-state index in [9.17, 15) is 21.6 Å². The first-order valence-corrected chi connectivity index (χ1v) is 10.6. The second-order valence-corrected chi connectivity index (χ2v) is 11.2. The molecule has 0 saturated heterocycles. The summed E-state index contributed by atoms with van der Waals surface area (Å²) >= 11 is 0. The van der Waals surface area contributed by atoms with E-state index in [4.69, 9.17) is 4.74 Å². The van der Waals surface area contributed by atoms with Crippen molar-refractivity contribution >= 4 is 26.0 Å². The second-order valence-electron chi connectivity index (χ2n) is 6.59. The third kappa shape index (κ3) is 7.29. The average molecular weight is 385 g/mol. The molecule has 0 aromatic carbocycles. The Morgan fingerprint density at radius 1 is 1.12 bits per heavy atom. The number of hydrogen-bond acceptors (Lipinski definition) is 6. The van der Waals surface area contributed by atoms with Gasteiger partial charge in [-0.3, -0.25) is 4.79 Å². The molecule has 0 rings (SSSR count). The molecule has 10 heteroatoms. The second kappa shape index (κ2) is 7.94. The Balaban J connectivity index is 4.84. The zero-order valence-corrected chi connectivity index (χ0v) is 16.7. The van der Waals surface area contributed by atoms with Crippen molar-refractivity contribution in [1.29, 1.82) is 0 Å². The van der Waals surface area contributed by atoms with Crippen LogP contribution in [-0.2, 0) is 29.6 Å². The van der Waals surface area contributed by atoms with E-state index < -0.39 is 30.5 Å². The predicted molar refractivity (Wildman–Crippen MR) is 93.2 cm³/mol. The molecule has 24 heavy (non-hydrogen) atoms. The predicted octanol–water partition coefficient (Wildman–Crippen LogP) is 0.869. The minimum absolute atomic E-state index is 0.00352. The van der Waals surface area contributed by atoms with Crippen LogP contribution in [0.3, 0.4) is 0 Å². The molecule has 0 saturated carbocycles. The Kier molecular flexibility index (Phi) is 7.62. The highest BCUT2D eigenvalue weighted by Gasteiger charge is 2.37. The van der Waals surface area contributed by atoms with Crippen molar-refractivity contribution in [2.24, 2.45) is 0 Å². The van der Waals surface area contributed by atoms with Crippen molar-refractivity contribution in [2.75, 3.05) is 12.4 Å². The van der Waals surface area contributed by atoms with Crippen molar-refractivity contribution in [3.8, 4) is 0 Å². The molecule has 0 radical (unpaired) electrons. The highest BCUT2D eigenvalue weighted by atomic mass is 32.3. The summed E-state index contributed by atoms with van der Waals surface area (Å²) in [4.78, 5) is 11.6. The van der Waals surface area contributed by atoms with Crippen molar-refractivity contribution in [3.63, 3.8) is 0 Å². The minimum atomic E-state index is -4.10. The Hall–Kier alpha value is -0.970. The van der Waals surface area contributed by atoms with Crippen molar-refractivity contribution in [1.82, 2.24) is 9.44 Å². The lowest BCUT2D eigenvalue weighted by Crippen LogP contribution is -2.48. The van der Waals surface area contributed by atoms with Gasteiger partial charge < -0.3 is 10.1 Å². The Morgan fingerprint density at radius 2 is 1.62 bits per heavy atom. The summed E-state index contributed by atoms with van der Waals surface area (Å²) in [5, 5.41) is 2.61. The third-order valence-electron chi connectivity index (χ3n) is 3.31. The molecule has 0 atom stereocenters. The summed E-state index contributed by atoms with van der Waals surface area (Å²) in [5.41, 5.74) is -0.692. The van der Waals surface area contributed by atoms with E-state index in [-0.39, 0.29) is 24.7 Å². The van der Waals surface area contributed by atoms with E-state index in [1.807, 2.05) is 0 Å². The van der Waals surface area contributed by atoms with E-state index in [2.05, 4.69) is 11.9 Å². The van der Waals surface area contributed by atoms with Crippen molar-refractivity contribution < 1.29 is 26.4 Å². The standard InChI is InChI=1S/C14H28N2O6S2/c1-8-23(18,19)16-24(20,21)13(4,5)9-10-22-14(6,7)15-12(17)11(2)3/h16H,2,8-10H2,1,3-7H3,(H,15,17). The van der Waals surface area contributed by atoms with Crippen LogP contribution in [0.5, 0.6) is 0 Å². The van der Waals surface area contributed by atoms with Gasteiger partial charge in [-0.15, -0.1) is 4.13 Å². The number of carbonyl (C=O) groups is 1. The summed E-state index contributed by atoms with van der Waals surface area (Å²) in [6.07, 6.45) is 0.0357. The van der Waals surface area contributed by atoms with Gasteiger partial charge in [0.2, 0.25) is 26.0 Å². The lowest BCUT2D eigenvalue weighted by atomic mass is 10.1. The summed E-state index contributed by atoms with van der Waals surface area (Å²) < 4.78 is 53.3. The molecule has 142 valence electrons. The fourth-order valence-electron chi connectivity index (χ4n) is 1.44. The molecule has 0 unspecified atom stereocenters. The highest BCUT2D eigenvalue weighted by Crippen LogP contribution is 2.21. The molecule has 2 N–H and O–H groups in total. The lowest BCUT2D eigenvalue weighted by Gasteiger charge is -2.30. The van der Waals surface area contributed by atoms with Crippen LogP contribution in [0.1, 0.15) is 48.0 Å².